The van der Waals surface area contributed by atoms with Gasteiger partial charge in [-0.15, -0.1) is 0 Å². The highest BCUT2D eigenvalue weighted by Gasteiger charge is 2.38. The molecule has 21 aromatic carbocycles. The lowest BCUT2D eigenvalue weighted by molar-refractivity contribution is 0.455. The first-order valence-corrected chi connectivity index (χ1v) is 45.9. The van der Waals surface area contributed by atoms with Gasteiger partial charge in [0.1, 0.15) is 40.2 Å². The number of fused-ring (bicyclic) bond motifs is 18. The topological polar surface area (TPSA) is 73.9 Å². The predicted octanol–water partition coefficient (Wildman–Crippen LogP) is 34.2. The first-order chi connectivity index (χ1) is 64.4. The number of rotatable bonds is 9. The SMILES string of the molecule is Cc1c(C)c(C)c2c3c(cc(C)c2c1C)Oc1cc(C)c2c(C)c(C)c(C)c(C)c2c1C3c1ccc(-c2ccc(-c3ccccc3)cc2)cc1.Nc1ccc(-c2ccc(-c3ccc(C4c5c(ccc6ccccc56)Oc5ccc6ccccc6c54)cc3)cc2)cc1.Oc1ccc(-c2ccc(-c3ccc(C4c5c(ccc6ccccc56)Oc5ccc6ccccc6c54)cc3)cc2)cc1. The van der Waals surface area contributed by atoms with Crippen LogP contribution in [0.1, 0.15) is 123 Å². The molecule has 636 valence electrons. The van der Waals surface area contributed by atoms with Gasteiger partial charge in [-0.3, -0.25) is 0 Å². The first kappa shape index (κ1) is 81.9. The molecular formula is C127H99NO4. The molecule has 21 aromatic rings. The van der Waals surface area contributed by atoms with E-state index in [0.717, 1.165) is 56.9 Å². The zero-order chi connectivity index (χ0) is 89.8. The summed E-state index contributed by atoms with van der Waals surface area (Å²) in [6.07, 6.45) is 0. The summed E-state index contributed by atoms with van der Waals surface area (Å²) < 4.78 is 20.2. The van der Waals surface area contributed by atoms with Crippen molar-refractivity contribution in [3.8, 4) is 107 Å². The van der Waals surface area contributed by atoms with Crippen molar-refractivity contribution in [1.82, 2.24) is 0 Å². The molecule has 0 fully saturated rings. The van der Waals surface area contributed by atoms with E-state index in [0.29, 0.717) is 0 Å². The standard InChI is InChI=1S/C49H46O.C39H27NO.C39H26O2/c1-26-24-41-48(45-34(9)30(5)28(3)32(7)43(26)45)47(49-42(50-41)25-27(2)44-33(8)29(4)31(6)35(10)46(44)49)40-22-20-39(21-23-40)38-18-16-37(17-19-38)36-14-12-11-13-15-36;2*40-32-21-17-28(18-22-32)26-11-9-25(10-12-26)27-13-15-31(16-14-27)37-38-33-7-3-1-5-29(33)19-23-35(38)41-36-24-20-30-6-2-4-8-34(30)39(36)37/h11-25,47H,1-10H3;1-24,37H,40H2;1-24,37,40H. The molecule has 0 aromatic heterocycles. The summed E-state index contributed by atoms with van der Waals surface area (Å²) >= 11 is 0. The predicted molar refractivity (Wildman–Crippen MR) is 552 cm³/mol. The molecule has 0 saturated heterocycles. The summed E-state index contributed by atoms with van der Waals surface area (Å²) in [6.45, 7) is 22.9. The molecule has 3 aliphatic heterocycles. The number of benzene rings is 21. The smallest absolute Gasteiger partial charge is 0.132 e. The molecule has 0 radical (unpaired) electrons. The van der Waals surface area contributed by atoms with Gasteiger partial charge in [0.15, 0.2) is 0 Å². The number of anilines is 1. The van der Waals surface area contributed by atoms with E-state index in [2.05, 4.69) is 415 Å². The molecule has 132 heavy (non-hydrogen) atoms. The van der Waals surface area contributed by atoms with Gasteiger partial charge in [0, 0.05) is 56.8 Å². The van der Waals surface area contributed by atoms with Crippen LogP contribution in [0.2, 0.25) is 0 Å². The third-order valence-corrected chi connectivity index (χ3v) is 29.0. The van der Waals surface area contributed by atoms with Gasteiger partial charge in [-0.05, 0) is 334 Å². The van der Waals surface area contributed by atoms with Crippen molar-refractivity contribution in [3.63, 3.8) is 0 Å². The Kier molecular flexibility index (Phi) is 20.7. The molecule has 0 bridgehead atoms. The summed E-state index contributed by atoms with van der Waals surface area (Å²) in [6, 6.07) is 136. The lowest BCUT2D eigenvalue weighted by Gasteiger charge is -2.34. The second-order valence-corrected chi connectivity index (χ2v) is 36.2. The van der Waals surface area contributed by atoms with Gasteiger partial charge in [0.2, 0.25) is 0 Å². The van der Waals surface area contributed by atoms with E-state index in [9.17, 15) is 5.11 Å². The summed E-state index contributed by atoms with van der Waals surface area (Å²) in [7, 11) is 0. The Morgan fingerprint density at radius 1 is 0.197 bits per heavy atom. The molecule has 24 rings (SSSR count). The van der Waals surface area contributed by atoms with Crippen molar-refractivity contribution < 1.29 is 19.3 Å². The Hall–Kier alpha value is -15.8. The lowest BCUT2D eigenvalue weighted by atomic mass is 9.74. The van der Waals surface area contributed by atoms with Gasteiger partial charge in [-0.1, -0.05) is 322 Å². The summed E-state index contributed by atoms with van der Waals surface area (Å²) in [5.74, 6) is 6.04. The minimum atomic E-state index is 0.00914. The average Bonchev–Trinajstić information content (AvgIpc) is 0.699. The van der Waals surface area contributed by atoms with Crippen LogP contribution in [0.5, 0.6) is 40.2 Å². The highest BCUT2D eigenvalue weighted by molar-refractivity contribution is 6.04. The van der Waals surface area contributed by atoms with E-state index in [1.54, 1.807) is 12.1 Å². The Morgan fingerprint density at radius 3 is 0.705 bits per heavy atom. The maximum absolute atomic E-state index is 9.62. The van der Waals surface area contributed by atoms with E-state index in [4.69, 9.17) is 19.9 Å². The summed E-state index contributed by atoms with van der Waals surface area (Å²) in [4.78, 5) is 0. The fourth-order valence-corrected chi connectivity index (χ4v) is 21.5. The quantitative estimate of drug-likeness (QED) is 0.141. The van der Waals surface area contributed by atoms with E-state index >= 15 is 0 Å². The molecular weight excluding hydrogens is 1600 g/mol. The molecule has 0 amide bonds. The molecule has 3 N–H and O–H groups in total. The van der Waals surface area contributed by atoms with Crippen molar-refractivity contribution in [2.75, 3.05) is 5.73 Å². The number of aryl methyl sites for hydroxylation is 6. The van der Waals surface area contributed by atoms with Gasteiger partial charge in [0.25, 0.3) is 0 Å². The summed E-state index contributed by atoms with van der Waals surface area (Å²) in [5, 5.41) is 24.9. The Labute approximate surface area is 772 Å². The second kappa shape index (κ2) is 33.4. The zero-order valence-corrected chi connectivity index (χ0v) is 75.9. The third-order valence-electron chi connectivity index (χ3n) is 29.0. The zero-order valence-electron chi connectivity index (χ0n) is 75.9. The first-order valence-electron chi connectivity index (χ1n) is 45.9. The van der Waals surface area contributed by atoms with Crippen LogP contribution in [0, 0.1) is 69.2 Å². The van der Waals surface area contributed by atoms with Crippen LogP contribution in [-0.4, -0.2) is 5.11 Å². The minimum absolute atomic E-state index is 0.00914. The number of ether oxygens (including phenoxy) is 3. The van der Waals surface area contributed by atoms with Crippen molar-refractivity contribution in [1.29, 1.82) is 0 Å². The van der Waals surface area contributed by atoms with Crippen LogP contribution in [0.15, 0.2) is 382 Å². The van der Waals surface area contributed by atoms with Crippen LogP contribution in [0.3, 0.4) is 0 Å². The largest absolute Gasteiger partial charge is 0.508 e. The maximum atomic E-state index is 9.62. The minimum Gasteiger partial charge on any atom is -0.508 e. The maximum Gasteiger partial charge on any atom is 0.132 e. The van der Waals surface area contributed by atoms with Crippen molar-refractivity contribution in [3.05, 3.63) is 488 Å². The Morgan fingerprint density at radius 2 is 0.417 bits per heavy atom. The van der Waals surface area contributed by atoms with Gasteiger partial charge < -0.3 is 25.1 Å². The van der Waals surface area contributed by atoms with Crippen LogP contribution in [0.4, 0.5) is 5.69 Å². The number of phenols is 1. The van der Waals surface area contributed by atoms with Crippen LogP contribution in [-0.2, 0) is 0 Å². The van der Waals surface area contributed by atoms with Crippen molar-refractivity contribution >= 4 is 70.3 Å². The van der Waals surface area contributed by atoms with Crippen molar-refractivity contribution in [2.24, 2.45) is 0 Å². The van der Waals surface area contributed by atoms with Gasteiger partial charge in [-0.2, -0.15) is 0 Å². The number of hydrogen-bond donors (Lipinski definition) is 2. The fraction of sp³-hybridized carbons (Fsp3) is 0.102. The molecule has 0 atom stereocenters. The lowest BCUT2D eigenvalue weighted by Crippen LogP contribution is -2.16. The van der Waals surface area contributed by atoms with Crippen LogP contribution in [0.25, 0.3) is 131 Å². The second-order valence-electron chi connectivity index (χ2n) is 36.2. The molecule has 5 nitrogen and oxygen atoms in total. The monoisotopic (exact) mass is 1700 g/mol. The van der Waals surface area contributed by atoms with E-state index in [1.807, 2.05) is 24.3 Å². The van der Waals surface area contributed by atoms with E-state index in [1.165, 1.54) is 220 Å². The molecule has 5 heteroatoms. The number of phenolic OH excluding ortho intramolecular Hbond substituents is 1. The van der Waals surface area contributed by atoms with Gasteiger partial charge in [-0.25, -0.2) is 0 Å². The summed E-state index contributed by atoms with van der Waals surface area (Å²) in [5.41, 5.74) is 45.6. The normalized spacial score (nSPS) is 12.6. The highest BCUT2D eigenvalue weighted by atomic mass is 16.5. The molecule has 0 unspecified atom stereocenters. The van der Waals surface area contributed by atoms with Crippen LogP contribution < -0.4 is 19.9 Å². The number of nitrogen functional groups attached to an aromatic ring is 1. The van der Waals surface area contributed by atoms with E-state index < -0.39 is 0 Å². The van der Waals surface area contributed by atoms with Crippen molar-refractivity contribution in [2.45, 2.75) is 87.0 Å². The molecule has 0 aliphatic carbocycles. The average molecular weight is 1700 g/mol. The molecule has 3 aliphatic rings. The van der Waals surface area contributed by atoms with Gasteiger partial charge >= 0.3 is 0 Å². The third kappa shape index (κ3) is 14.3. The molecule has 0 saturated carbocycles. The Bertz CT molecular complexity index is 7570. The Balaban J connectivity index is 0.000000116. The number of hydrogen-bond acceptors (Lipinski definition) is 5. The number of aromatic hydroxyl groups is 1. The van der Waals surface area contributed by atoms with E-state index in [-0.39, 0.29) is 23.5 Å². The molecule has 0 spiro atoms. The highest BCUT2D eigenvalue weighted by Crippen LogP contribution is 2.59. The van der Waals surface area contributed by atoms with Crippen LogP contribution >= 0.6 is 0 Å². The van der Waals surface area contributed by atoms with Gasteiger partial charge in [0.05, 0.1) is 0 Å². The fourth-order valence-electron chi connectivity index (χ4n) is 21.5. The molecule has 3 heterocycles. The number of nitrogens with two attached hydrogens (primary N) is 1.